The molecule has 0 heterocycles. The van der Waals surface area contributed by atoms with E-state index in [1.807, 2.05) is 103 Å². The highest BCUT2D eigenvalue weighted by molar-refractivity contribution is 8.24. The average molecular weight is 459 g/mol. The van der Waals surface area contributed by atoms with E-state index in [-0.39, 0.29) is 0 Å². The molecule has 31 heavy (non-hydrogen) atoms. The van der Waals surface area contributed by atoms with Crippen molar-refractivity contribution < 1.29 is 4.57 Å². The van der Waals surface area contributed by atoms with Crippen molar-refractivity contribution in [3.05, 3.63) is 132 Å². The lowest BCUT2D eigenvalue weighted by Gasteiger charge is -2.26. The Balaban J connectivity index is 1.97. The molecule has 0 bridgehead atoms. The Hall–Kier alpha value is -2.50. The van der Waals surface area contributed by atoms with Gasteiger partial charge in [-0.1, -0.05) is 133 Å². The summed E-state index contributed by atoms with van der Waals surface area (Å²) >= 11 is 6.45. The minimum atomic E-state index is -3.02. The number of benzene rings is 4. The van der Waals surface area contributed by atoms with Crippen molar-refractivity contribution in [2.45, 2.75) is 6.92 Å². The van der Waals surface area contributed by atoms with Crippen molar-refractivity contribution in [1.29, 1.82) is 0 Å². The van der Waals surface area contributed by atoms with Crippen LogP contribution in [0.15, 0.2) is 132 Å². The van der Waals surface area contributed by atoms with E-state index in [1.54, 1.807) is 0 Å². The Morgan fingerprint density at radius 2 is 0.871 bits per heavy atom. The van der Waals surface area contributed by atoms with Gasteiger partial charge in [0, 0.05) is 16.6 Å². The lowest BCUT2D eigenvalue weighted by Crippen LogP contribution is -2.18. The van der Waals surface area contributed by atoms with Gasteiger partial charge in [-0.3, -0.25) is 0 Å². The molecule has 0 atom stereocenters. The van der Waals surface area contributed by atoms with Crippen LogP contribution in [0.1, 0.15) is 6.92 Å². The van der Waals surface area contributed by atoms with E-state index in [1.165, 1.54) is 0 Å². The largest absolute Gasteiger partial charge is 0.309 e. The first-order chi connectivity index (χ1) is 15.0. The molecule has 4 heteroatoms. The number of hydrogen-bond donors (Lipinski definition) is 0. The lowest BCUT2D eigenvalue weighted by molar-refractivity contribution is 0.592. The fourth-order valence-corrected chi connectivity index (χ4v) is 10.7. The zero-order chi connectivity index (χ0) is 21.7. The molecule has 0 fully saturated rings. The molecule has 0 unspecified atom stereocenters. The van der Waals surface area contributed by atoms with Crippen LogP contribution in [0, 0.1) is 0 Å². The predicted octanol–water partition coefficient (Wildman–Crippen LogP) is 5.99. The van der Waals surface area contributed by atoms with Gasteiger partial charge in [0.05, 0.1) is 0 Å². The third-order valence-corrected chi connectivity index (χ3v) is 13.8. The highest BCUT2D eigenvalue weighted by atomic mass is 32.4. The summed E-state index contributed by atoms with van der Waals surface area (Å²) in [5, 5.41) is 4.86. The van der Waals surface area contributed by atoms with Crippen LogP contribution in [0.3, 0.4) is 0 Å². The van der Waals surface area contributed by atoms with Crippen molar-refractivity contribution in [2.75, 3.05) is 0 Å². The van der Waals surface area contributed by atoms with Crippen molar-refractivity contribution in [3.8, 4) is 0 Å². The average Bonchev–Trinajstić information content (AvgIpc) is 2.85. The maximum absolute atomic E-state index is 14.6. The van der Waals surface area contributed by atoms with Gasteiger partial charge in [0.25, 0.3) is 0 Å². The molecule has 0 aliphatic carbocycles. The Labute approximate surface area is 189 Å². The molecular formula is C27H24OP2S. The van der Waals surface area contributed by atoms with Crippen LogP contribution in [0.25, 0.3) is 0 Å². The maximum atomic E-state index is 14.6. The van der Waals surface area contributed by atoms with E-state index < -0.39 is 13.2 Å². The molecule has 154 valence electrons. The van der Waals surface area contributed by atoms with Gasteiger partial charge in [-0.25, -0.2) is 0 Å². The first kappa shape index (κ1) is 21.7. The van der Waals surface area contributed by atoms with E-state index in [9.17, 15) is 4.57 Å². The summed E-state index contributed by atoms with van der Waals surface area (Å²) in [4.78, 5) is 0. The van der Waals surface area contributed by atoms with Gasteiger partial charge in [-0.2, -0.15) is 0 Å². The van der Waals surface area contributed by atoms with E-state index in [2.05, 4.69) is 31.2 Å². The van der Waals surface area contributed by atoms with Gasteiger partial charge in [-0.15, -0.1) is 0 Å². The predicted molar refractivity (Wildman–Crippen MR) is 140 cm³/mol. The Kier molecular flexibility index (Phi) is 6.54. The summed E-state index contributed by atoms with van der Waals surface area (Å²) in [6.07, 6.45) is 0. The molecule has 0 radical (unpaired) electrons. The van der Waals surface area contributed by atoms with Crippen LogP contribution in [0.5, 0.6) is 0 Å². The van der Waals surface area contributed by atoms with Gasteiger partial charge >= 0.3 is 0 Å². The first-order valence-corrected chi connectivity index (χ1v) is 14.8. The van der Waals surface area contributed by atoms with Crippen molar-refractivity contribution >= 4 is 46.2 Å². The number of rotatable bonds is 6. The fraction of sp³-hybridized carbons (Fsp3) is 0.0370. The van der Waals surface area contributed by atoms with Crippen LogP contribution in [0.4, 0.5) is 0 Å². The zero-order valence-electron chi connectivity index (χ0n) is 17.3. The summed E-state index contributed by atoms with van der Waals surface area (Å²) in [7, 11) is -3.02. The summed E-state index contributed by atoms with van der Waals surface area (Å²) in [5.41, 5.74) is 0. The van der Waals surface area contributed by atoms with Crippen molar-refractivity contribution in [3.63, 3.8) is 0 Å². The molecule has 0 amide bonds. The minimum Gasteiger partial charge on any atom is -0.309 e. The van der Waals surface area contributed by atoms with E-state index in [0.717, 1.165) is 26.5 Å². The number of allylic oxidation sites excluding steroid dienone is 1. The summed E-state index contributed by atoms with van der Waals surface area (Å²) in [6.45, 7) is 2.05. The first-order valence-electron chi connectivity index (χ1n) is 10.2. The van der Waals surface area contributed by atoms with Crippen LogP contribution in [0.2, 0.25) is 0 Å². The summed E-state index contributed by atoms with van der Waals surface area (Å²) in [6, 6.07) is 37.7. The Bertz CT molecular complexity index is 1180. The summed E-state index contributed by atoms with van der Waals surface area (Å²) in [5.74, 6) is 1.97. The smallest absolute Gasteiger partial charge is 0.164 e. The van der Waals surface area contributed by atoms with E-state index in [4.69, 9.17) is 11.8 Å². The molecule has 0 N–H and O–H groups in total. The third-order valence-electron chi connectivity index (χ3n) is 5.38. The molecule has 4 aromatic rings. The Morgan fingerprint density at radius 1 is 0.581 bits per heavy atom. The van der Waals surface area contributed by atoms with E-state index in [0.29, 0.717) is 0 Å². The van der Waals surface area contributed by atoms with Crippen molar-refractivity contribution in [1.82, 2.24) is 0 Å². The van der Waals surface area contributed by atoms with Gasteiger partial charge in [0.2, 0.25) is 0 Å². The maximum Gasteiger partial charge on any atom is 0.164 e. The monoisotopic (exact) mass is 458 g/mol. The zero-order valence-corrected chi connectivity index (χ0v) is 19.9. The molecule has 0 aromatic heterocycles. The second-order valence-electron chi connectivity index (χ2n) is 7.38. The normalized spacial score (nSPS) is 12.5. The lowest BCUT2D eigenvalue weighted by atomic mass is 10.4. The van der Waals surface area contributed by atoms with Crippen LogP contribution in [-0.2, 0) is 16.4 Å². The Morgan fingerprint density at radius 3 is 1.19 bits per heavy atom. The van der Waals surface area contributed by atoms with Crippen molar-refractivity contribution in [2.24, 2.45) is 0 Å². The number of hydrogen-bond acceptors (Lipinski definition) is 2. The summed E-state index contributed by atoms with van der Waals surface area (Å²) < 4.78 is 14.6. The molecule has 0 spiro atoms. The molecule has 0 aliphatic heterocycles. The molecule has 0 saturated carbocycles. The van der Waals surface area contributed by atoms with Gasteiger partial charge < -0.3 is 4.57 Å². The second-order valence-corrected chi connectivity index (χ2v) is 14.6. The van der Waals surface area contributed by atoms with Crippen LogP contribution in [-0.4, -0.2) is 0 Å². The van der Waals surface area contributed by atoms with Gasteiger partial charge in [0.15, 0.2) is 7.14 Å². The molecule has 4 aromatic carbocycles. The van der Waals surface area contributed by atoms with Crippen LogP contribution < -0.4 is 21.2 Å². The molecule has 1 nitrogen and oxygen atoms in total. The van der Waals surface area contributed by atoms with E-state index >= 15 is 0 Å². The second kappa shape index (κ2) is 9.33. The SMILES string of the molecule is C/C(=C\P(=O)(c1ccccc1)c1ccccc1)P(=S)(c1ccccc1)c1ccccc1. The standard InChI is InChI=1S/C27H24OP2S/c1-23(30(31,26-18-10-4-11-19-26)27-20-12-5-13-21-27)22-29(28,24-14-6-2-7-15-24)25-16-8-3-9-17-25/h2-22H,1H3/b23-22+. The molecule has 0 saturated heterocycles. The quantitative estimate of drug-likeness (QED) is 0.330. The molecule has 0 aliphatic rings. The highest BCUT2D eigenvalue weighted by Crippen LogP contribution is 2.57. The van der Waals surface area contributed by atoms with Crippen LogP contribution >= 0.6 is 13.2 Å². The molecule has 4 rings (SSSR count). The fourth-order valence-electron chi connectivity index (χ4n) is 3.77. The topological polar surface area (TPSA) is 17.1 Å². The van der Waals surface area contributed by atoms with Gasteiger partial charge in [-0.05, 0) is 28.7 Å². The molecular weight excluding hydrogens is 434 g/mol. The van der Waals surface area contributed by atoms with Gasteiger partial charge in [0.1, 0.15) is 0 Å². The minimum absolute atomic E-state index is 0.822. The third kappa shape index (κ3) is 4.30. The highest BCUT2D eigenvalue weighted by Gasteiger charge is 2.30.